The van der Waals surface area contributed by atoms with Gasteiger partial charge in [-0.05, 0) is 82.9 Å². The second kappa shape index (κ2) is 15.6. The van der Waals surface area contributed by atoms with E-state index in [1.165, 1.54) is 0 Å². The van der Waals surface area contributed by atoms with E-state index in [9.17, 15) is 0 Å². The quantitative estimate of drug-likeness (QED) is 0.157. The molecule has 1 fully saturated rings. The molecule has 2 N–H and O–H groups in total. The van der Waals surface area contributed by atoms with Gasteiger partial charge in [0.25, 0.3) is 0 Å². The zero-order valence-corrected chi connectivity index (χ0v) is 28.9. The van der Waals surface area contributed by atoms with E-state index in [-0.39, 0.29) is 12.1 Å². The predicted molar refractivity (Wildman–Crippen MR) is 189 cm³/mol. The molecule has 1 aliphatic heterocycles. The third-order valence-electron chi connectivity index (χ3n) is 8.27. The third kappa shape index (κ3) is 8.49. The SMILES string of the molecule is CC.CNC(c1ccc(B2OC(C)(C)C(C)(C)O2)cc1NC(C)C)c1ccc(OCc2ccccc2)nc1OCc1ccccc1. The summed E-state index contributed by atoms with van der Waals surface area (Å²) in [6.45, 7) is 17.4. The van der Waals surface area contributed by atoms with Crippen LogP contribution in [0.15, 0.2) is 91.0 Å². The average Bonchev–Trinajstić information content (AvgIpc) is 3.28. The van der Waals surface area contributed by atoms with Gasteiger partial charge in [-0.15, -0.1) is 0 Å². The van der Waals surface area contributed by atoms with Crippen molar-refractivity contribution < 1.29 is 18.8 Å². The first-order valence-electron chi connectivity index (χ1n) is 16.3. The lowest BCUT2D eigenvalue weighted by Gasteiger charge is -2.32. The number of aromatic nitrogens is 1. The Kier molecular flexibility index (Phi) is 11.9. The van der Waals surface area contributed by atoms with Crippen LogP contribution in [0.3, 0.4) is 0 Å². The van der Waals surface area contributed by atoms with Crippen molar-refractivity contribution in [3.63, 3.8) is 0 Å². The molecular weight excluding hydrogens is 573 g/mol. The van der Waals surface area contributed by atoms with Crippen LogP contribution in [0.25, 0.3) is 0 Å². The van der Waals surface area contributed by atoms with Gasteiger partial charge in [-0.2, -0.15) is 4.98 Å². The minimum atomic E-state index is -0.456. The molecule has 2 heterocycles. The van der Waals surface area contributed by atoms with Gasteiger partial charge in [0.05, 0.1) is 17.2 Å². The van der Waals surface area contributed by atoms with Crippen molar-refractivity contribution in [1.82, 2.24) is 10.3 Å². The fourth-order valence-electron chi connectivity index (χ4n) is 5.17. The first-order chi connectivity index (χ1) is 22.1. The highest BCUT2D eigenvalue weighted by molar-refractivity contribution is 6.62. The van der Waals surface area contributed by atoms with Crippen LogP contribution in [-0.4, -0.2) is 36.4 Å². The standard InChI is InChI=1S/C36H44BN3O4.C2H6/c1-25(2)39-31-22-28(37-43-35(3,4)36(5,6)44-37)18-19-29(31)33(38-7)30-20-21-32(41-23-26-14-10-8-11-15-26)40-34(30)42-24-27-16-12-9-13-17-27;1-2/h8-22,25,33,38-39H,23-24H2,1-7H3;1-2H3. The number of hydrogen-bond donors (Lipinski definition) is 2. The molecule has 0 spiro atoms. The molecule has 8 heteroatoms. The molecular formula is C38H50BN3O4. The fourth-order valence-corrected chi connectivity index (χ4v) is 5.17. The van der Waals surface area contributed by atoms with E-state index < -0.39 is 18.3 Å². The average molecular weight is 624 g/mol. The number of benzene rings is 3. The molecule has 0 radical (unpaired) electrons. The normalized spacial score (nSPS) is 15.6. The molecule has 244 valence electrons. The molecule has 0 bridgehead atoms. The summed E-state index contributed by atoms with van der Waals surface area (Å²) < 4.78 is 25.2. The van der Waals surface area contributed by atoms with Gasteiger partial charge in [0, 0.05) is 23.4 Å². The van der Waals surface area contributed by atoms with Gasteiger partial charge in [-0.3, -0.25) is 0 Å². The van der Waals surface area contributed by atoms with E-state index in [4.69, 9.17) is 23.8 Å². The summed E-state index contributed by atoms with van der Waals surface area (Å²) in [4.78, 5) is 4.86. The Bertz CT molecular complexity index is 1510. The van der Waals surface area contributed by atoms with Crippen molar-refractivity contribution in [2.75, 3.05) is 12.4 Å². The highest BCUT2D eigenvalue weighted by atomic mass is 16.7. The Morgan fingerprint density at radius 2 is 1.28 bits per heavy atom. The van der Waals surface area contributed by atoms with Crippen LogP contribution in [0.1, 0.15) is 83.7 Å². The van der Waals surface area contributed by atoms with Crippen molar-refractivity contribution in [1.29, 1.82) is 0 Å². The Balaban J connectivity index is 0.00000235. The zero-order chi connectivity index (χ0) is 33.3. The predicted octanol–water partition coefficient (Wildman–Crippen LogP) is 7.69. The van der Waals surface area contributed by atoms with Crippen LogP contribution in [0.5, 0.6) is 11.8 Å². The molecule has 1 saturated heterocycles. The van der Waals surface area contributed by atoms with Crippen LogP contribution >= 0.6 is 0 Å². The molecule has 3 aromatic carbocycles. The summed E-state index contributed by atoms with van der Waals surface area (Å²) in [5, 5.41) is 7.17. The van der Waals surface area contributed by atoms with Crippen LogP contribution in [0.4, 0.5) is 5.69 Å². The number of nitrogens with zero attached hydrogens (tertiary/aromatic N) is 1. The fraction of sp³-hybridized carbons (Fsp3) is 0.395. The Labute approximate surface area is 276 Å². The number of anilines is 1. The summed E-state index contributed by atoms with van der Waals surface area (Å²) in [5.74, 6) is 1.02. The Morgan fingerprint density at radius 1 is 0.739 bits per heavy atom. The second-order valence-corrected chi connectivity index (χ2v) is 12.5. The van der Waals surface area contributed by atoms with Crippen LogP contribution in [-0.2, 0) is 22.5 Å². The lowest BCUT2D eigenvalue weighted by atomic mass is 9.77. The van der Waals surface area contributed by atoms with Crippen LogP contribution < -0.4 is 25.6 Å². The molecule has 1 unspecified atom stereocenters. The Hall–Kier alpha value is -3.85. The molecule has 46 heavy (non-hydrogen) atoms. The molecule has 1 atom stereocenters. The maximum absolute atomic E-state index is 6.40. The van der Waals surface area contributed by atoms with E-state index in [1.807, 2.05) is 93.7 Å². The molecule has 7 nitrogen and oxygen atoms in total. The van der Waals surface area contributed by atoms with Crippen LogP contribution in [0, 0.1) is 0 Å². The minimum absolute atomic E-state index is 0.209. The van der Waals surface area contributed by atoms with E-state index in [1.54, 1.807) is 0 Å². The van der Waals surface area contributed by atoms with Crippen molar-refractivity contribution in [2.45, 2.75) is 91.9 Å². The van der Waals surface area contributed by atoms with Crippen molar-refractivity contribution in [3.8, 4) is 11.8 Å². The Morgan fingerprint density at radius 3 is 1.83 bits per heavy atom. The first-order valence-corrected chi connectivity index (χ1v) is 16.3. The maximum Gasteiger partial charge on any atom is 0.494 e. The molecule has 4 aromatic rings. The minimum Gasteiger partial charge on any atom is -0.473 e. The molecule has 0 amide bonds. The number of pyridine rings is 1. The summed E-state index contributed by atoms with van der Waals surface area (Å²) in [6.07, 6.45) is 0. The highest BCUT2D eigenvalue weighted by Gasteiger charge is 2.51. The summed E-state index contributed by atoms with van der Waals surface area (Å²) in [7, 11) is 1.49. The van der Waals surface area contributed by atoms with Gasteiger partial charge in [-0.1, -0.05) is 86.6 Å². The summed E-state index contributed by atoms with van der Waals surface area (Å²) in [6, 6.07) is 30.5. The van der Waals surface area contributed by atoms with Gasteiger partial charge in [0.2, 0.25) is 11.8 Å². The molecule has 1 aliphatic rings. The molecule has 5 rings (SSSR count). The van der Waals surface area contributed by atoms with Gasteiger partial charge in [-0.25, -0.2) is 0 Å². The number of hydrogen-bond acceptors (Lipinski definition) is 7. The number of nitrogens with one attached hydrogen (secondary N) is 2. The highest BCUT2D eigenvalue weighted by Crippen LogP contribution is 2.38. The van der Waals surface area contributed by atoms with Crippen molar-refractivity contribution in [3.05, 3.63) is 113 Å². The lowest BCUT2D eigenvalue weighted by molar-refractivity contribution is 0.00578. The maximum atomic E-state index is 6.40. The van der Waals surface area contributed by atoms with E-state index in [0.29, 0.717) is 25.0 Å². The largest absolute Gasteiger partial charge is 0.494 e. The molecule has 1 aromatic heterocycles. The van der Waals surface area contributed by atoms with E-state index in [0.717, 1.165) is 33.4 Å². The molecule has 0 saturated carbocycles. The lowest BCUT2D eigenvalue weighted by Crippen LogP contribution is -2.41. The first kappa shape index (κ1) is 35.0. The van der Waals surface area contributed by atoms with Gasteiger partial charge < -0.3 is 29.4 Å². The van der Waals surface area contributed by atoms with Crippen molar-refractivity contribution >= 4 is 18.3 Å². The summed E-state index contributed by atoms with van der Waals surface area (Å²) in [5.41, 5.74) is 5.22. The second-order valence-electron chi connectivity index (χ2n) is 12.5. The number of ether oxygens (including phenoxy) is 2. The topological polar surface area (TPSA) is 73.9 Å². The number of rotatable bonds is 12. The zero-order valence-electron chi connectivity index (χ0n) is 28.9. The van der Waals surface area contributed by atoms with E-state index in [2.05, 4.69) is 70.4 Å². The summed E-state index contributed by atoms with van der Waals surface area (Å²) >= 11 is 0. The molecule has 0 aliphatic carbocycles. The van der Waals surface area contributed by atoms with Gasteiger partial charge >= 0.3 is 7.12 Å². The smallest absolute Gasteiger partial charge is 0.473 e. The van der Waals surface area contributed by atoms with Gasteiger partial charge in [0.15, 0.2) is 0 Å². The van der Waals surface area contributed by atoms with Crippen LogP contribution in [0.2, 0.25) is 0 Å². The third-order valence-corrected chi connectivity index (χ3v) is 8.27. The van der Waals surface area contributed by atoms with Crippen molar-refractivity contribution in [2.24, 2.45) is 0 Å². The van der Waals surface area contributed by atoms with E-state index >= 15 is 0 Å². The van der Waals surface area contributed by atoms with Gasteiger partial charge in [0.1, 0.15) is 13.2 Å². The monoisotopic (exact) mass is 623 g/mol.